The zero-order valence-corrected chi connectivity index (χ0v) is 14.7. The summed E-state index contributed by atoms with van der Waals surface area (Å²) in [7, 11) is 1.87. The van der Waals surface area contributed by atoms with Crippen LogP contribution in [-0.4, -0.2) is 15.8 Å². The standard InChI is InChI=1S/C18H17BrN4O/c1-23-12-16(19)17(22-23)14-8-5-9-15(10-14)21-18(24)20-11-13-6-3-2-4-7-13/h2-10,12H,11H2,1H3,(H2,20,21,24). The van der Waals surface area contributed by atoms with Gasteiger partial charge in [0.25, 0.3) is 0 Å². The van der Waals surface area contributed by atoms with Gasteiger partial charge >= 0.3 is 6.03 Å². The van der Waals surface area contributed by atoms with Crippen molar-refractivity contribution < 1.29 is 4.79 Å². The Labute approximate surface area is 148 Å². The van der Waals surface area contributed by atoms with E-state index >= 15 is 0 Å². The van der Waals surface area contributed by atoms with Crippen LogP contribution in [0.15, 0.2) is 65.3 Å². The molecular formula is C18H17BrN4O. The molecule has 3 rings (SSSR count). The van der Waals surface area contributed by atoms with Crippen molar-refractivity contribution in [1.82, 2.24) is 15.1 Å². The number of carbonyl (C=O) groups is 1. The maximum absolute atomic E-state index is 12.1. The first-order valence-corrected chi connectivity index (χ1v) is 8.29. The minimum absolute atomic E-state index is 0.240. The molecule has 24 heavy (non-hydrogen) atoms. The lowest BCUT2D eigenvalue weighted by atomic mass is 10.1. The van der Waals surface area contributed by atoms with Crippen molar-refractivity contribution in [3.05, 3.63) is 70.8 Å². The molecule has 2 N–H and O–H groups in total. The molecule has 5 nitrogen and oxygen atoms in total. The van der Waals surface area contributed by atoms with Gasteiger partial charge in [0.1, 0.15) is 5.69 Å². The lowest BCUT2D eigenvalue weighted by Crippen LogP contribution is -2.28. The van der Waals surface area contributed by atoms with E-state index < -0.39 is 0 Å². The molecular weight excluding hydrogens is 368 g/mol. The normalized spacial score (nSPS) is 10.4. The van der Waals surface area contributed by atoms with Gasteiger partial charge in [0, 0.05) is 31.0 Å². The van der Waals surface area contributed by atoms with Crippen LogP contribution in [0.5, 0.6) is 0 Å². The van der Waals surface area contributed by atoms with Crippen LogP contribution in [0.4, 0.5) is 10.5 Å². The number of nitrogens with zero attached hydrogens (tertiary/aromatic N) is 2. The first-order chi connectivity index (χ1) is 11.6. The summed E-state index contributed by atoms with van der Waals surface area (Å²) in [6, 6.07) is 17.1. The van der Waals surface area contributed by atoms with Gasteiger partial charge in [0.2, 0.25) is 0 Å². The van der Waals surface area contributed by atoms with Crippen LogP contribution in [0, 0.1) is 0 Å². The molecule has 2 aromatic carbocycles. The minimum atomic E-state index is -0.240. The molecule has 0 spiro atoms. The Morgan fingerprint density at radius 1 is 1.17 bits per heavy atom. The van der Waals surface area contributed by atoms with Crippen molar-refractivity contribution in [3.63, 3.8) is 0 Å². The minimum Gasteiger partial charge on any atom is -0.334 e. The van der Waals surface area contributed by atoms with Crippen LogP contribution in [0.3, 0.4) is 0 Å². The van der Waals surface area contributed by atoms with Crippen molar-refractivity contribution in [2.24, 2.45) is 7.05 Å². The van der Waals surface area contributed by atoms with Crippen LogP contribution in [-0.2, 0) is 13.6 Å². The molecule has 3 aromatic rings. The molecule has 0 atom stereocenters. The number of hydrogen-bond donors (Lipinski definition) is 2. The molecule has 1 heterocycles. The first kappa shape index (κ1) is 16.3. The average molecular weight is 385 g/mol. The second-order valence-electron chi connectivity index (χ2n) is 5.37. The van der Waals surface area contributed by atoms with Gasteiger partial charge in [-0.05, 0) is 33.6 Å². The van der Waals surface area contributed by atoms with Gasteiger partial charge in [-0.15, -0.1) is 0 Å². The number of anilines is 1. The highest BCUT2D eigenvalue weighted by Gasteiger charge is 2.09. The average Bonchev–Trinajstić information content (AvgIpc) is 2.93. The zero-order chi connectivity index (χ0) is 16.9. The summed E-state index contributed by atoms with van der Waals surface area (Å²) >= 11 is 3.50. The highest BCUT2D eigenvalue weighted by Crippen LogP contribution is 2.28. The van der Waals surface area contributed by atoms with Crippen LogP contribution < -0.4 is 10.6 Å². The van der Waals surface area contributed by atoms with Gasteiger partial charge in [0.15, 0.2) is 0 Å². The van der Waals surface area contributed by atoms with Crippen molar-refractivity contribution in [3.8, 4) is 11.3 Å². The molecule has 0 unspecified atom stereocenters. The maximum atomic E-state index is 12.1. The Morgan fingerprint density at radius 2 is 1.96 bits per heavy atom. The van der Waals surface area contributed by atoms with Crippen LogP contribution >= 0.6 is 15.9 Å². The summed E-state index contributed by atoms with van der Waals surface area (Å²) < 4.78 is 2.65. The lowest BCUT2D eigenvalue weighted by molar-refractivity contribution is 0.251. The fourth-order valence-electron chi connectivity index (χ4n) is 2.35. The molecule has 0 aliphatic heterocycles. The molecule has 0 fully saturated rings. The Hall–Kier alpha value is -2.60. The lowest BCUT2D eigenvalue weighted by Gasteiger charge is -2.09. The molecule has 1 aromatic heterocycles. The Kier molecular flexibility index (Phi) is 4.96. The number of urea groups is 1. The molecule has 6 heteroatoms. The number of amides is 2. The predicted molar refractivity (Wildman–Crippen MR) is 98.6 cm³/mol. The second-order valence-corrected chi connectivity index (χ2v) is 6.23. The SMILES string of the molecule is Cn1cc(Br)c(-c2cccc(NC(=O)NCc3ccccc3)c2)n1. The molecule has 0 bridgehead atoms. The number of benzene rings is 2. The Balaban J connectivity index is 1.66. The summed E-state index contributed by atoms with van der Waals surface area (Å²) in [5.74, 6) is 0. The van der Waals surface area contributed by atoms with E-state index in [9.17, 15) is 4.79 Å². The predicted octanol–water partition coefficient (Wildman–Crippen LogP) is 4.17. The van der Waals surface area contributed by atoms with Gasteiger partial charge in [-0.25, -0.2) is 4.79 Å². The van der Waals surface area contributed by atoms with E-state index in [1.54, 1.807) is 4.68 Å². The third kappa shape index (κ3) is 4.02. The van der Waals surface area contributed by atoms with Crippen LogP contribution in [0.25, 0.3) is 11.3 Å². The second kappa shape index (κ2) is 7.31. The van der Waals surface area contributed by atoms with Crippen molar-refractivity contribution >= 4 is 27.6 Å². The zero-order valence-electron chi connectivity index (χ0n) is 13.2. The van der Waals surface area contributed by atoms with E-state index in [1.165, 1.54) is 0 Å². The quantitative estimate of drug-likeness (QED) is 0.708. The maximum Gasteiger partial charge on any atom is 0.319 e. The number of aryl methyl sites for hydroxylation is 1. The fourth-order valence-corrected chi connectivity index (χ4v) is 2.96. The summed E-state index contributed by atoms with van der Waals surface area (Å²) in [5, 5.41) is 10.1. The van der Waals surface area contributed by atoms with Crippen molar-refractivity contribution in [2.45, 2.75) is 6.54 Å². The van der Waals surface area contributed by atoms with E-state index in [-0.39, 0.29) is 6.03 Å². The third-order valence-electron chi connectivity index (χ3n) is 3.47. The summed E-state index contributed by atoms with van der Waals surface area (Å²) in [4.78, 5) is 12.1. The fraction of sp³-hybridized carbons (Fsp3) is 0.111. The smallest absolute Gasteiger partial charge is 0.319 e. The largest absolute Gasteiger partial charge is 0.334 e. The number of rotatable bonds is 4. The molecule has 0 radical (unpaired) electrons. The monoisotopic (exact) mass is 384 g/mol. The Morgan fingerprint density at radius 3 is 2.67 bits per heavy atom. The third-order valence-corrected chi connectivity index (χ3v) is 4.05. The number of carbonyl (C=O) groups excluding carboxylic acids is 1. The molecule has 0 aliphatic rings. The molecule has 0 aliphatic carbocycles. The topological polar surface area (TPSA) is 59.0 Å². The molecule has 0 saturated heterocycles. The highest BCUT2D eigenvalue weighted by atomic mass is 79.9. The first-order valence-electron chi connectivity index (χ1n) is 7.50. The molecule has 2 amide bonds. The summed E-state index contributed by atoms with van der Waals surface area (Å²) in [6.07, 6.45) is 1.89. The van der Waals surface area contributed by atoms with Gasteiger partial charge in [0.05, 0.1) is 4.47 Å². The van der Waals surface area contributed by atoms with E-state index in [0.29, 0.717) is 6.54 Å². The van der Waals surface area contributed by atoms with Crippen molar-refractivity contribution in [1.29, 1.82) is 0 Å². The number of halogens is 1. The van der Waals surface area contributed by atoms with E-state index in [2.05, 4.69) is 31.7 Å². The molecule has 122 valence electrons. The van der Waals surface area contributed by atoms with E-state index in [1.807, 2.05) is 67.8 Å². The summed E-state index contributed by atoms with van der Waals surface area (Å²) in [5.41, 5.74) is 3.55. The highest BCUT2D eigenvalue weighted by molar-refractivity contribution is 9.10. The van der Waals surface area contributed by atoms with Gasteiger partial charge in [-0.1, -0.05) is 42.5 Å². The van der Waals surface area contributed by atoms with Crippen molar-refractivity contribution in [2.75, 3.05) is 5.32 Å². The van der Waals surface area contributed by atoms with Gasteiger partial charge in [-0.2, -0.15) is 5.10 Å². The summed E-state index contributed by atoms with van der Waals surface area (Å²) in [6.45, 7) is 0.484. The van der Waals surface area contributed by atoms with Gasteiger partial charge < -0.3 is 10.6 Å². The van der Waals surface area contributed by atoms with E-state index in [0.717, 1.165) is 27.0 Å². The molecule has 0 saturated carbocycles. The van der Waals surface area contributed by atoms with Crippen LogP contribution in [0.2, 0.25) is 0 Å². The number of hydrogen-bond acceptors (Lipinski definition) is 2. The van der Waals surface area contributed by atoms with E-state index in [4.69, 9.17) is 0 Å². The number of aromatic nitrogens is 2. The van der Waals surface area contributed by atoms with Gasteiger partial charge in [-0.3, -0.25) is 4.68 Å². The number of nitrogens with one attached hydrogen (secondary N) is 2. The van der Waals surface area contributed by atoms with Crippen LogP contribution in [0.1, 0.15) is 5.56 Å². The Bertz CT molecular complexity index is 845.